The average Bonchev–Trinajstić information content (AvgIpc) is 3.04. The van der Waals surface area contributed by atoms with Crippen LogP contribution in [0.2, 0.25) is 5.02 Å². The second kappa shape index (κ2) is 9.28. The van der Waals surface area contributed by atoms with E-state index in [1.165, 1.54) is 4.90 Å². The van der Waals surface area contributed by atoms with Gasteiger partial charge in [-0.15, -0.1) is 0 Å². The van der Waals surface area contributed by atoms with Gasteiger partial charge in [-0.1, -0.05) is 60.1 Å². The smallest absolute Gasteiger partial charge is 0.278 e. The first kappa shape index (κ1) is 21.7. The minimum absolute atomic E-state index is 0.244. The lowest BCUT2D eigenvalue weighted by molar-refractivity contribution is -0.136. The molecule has 0 fully saturated rings. The normalized spacial score (nSPS) is 13.7. The molecule has 1 aliphatic rings. The Balaban J connectivity index is 1.68. The van der Waals surface area contributed by atoms with Crippen LogP contribution in [0.1, 0.15) is 16.7 Å². The lowest BCUT2D eigenvalue weighted by Gasteiger charge is -2.15. The van der Waals surface area contributed by atoms with Crippen LogP contribution in [-0.2, 0) is 16.0 Å². The molecule has 0 saturated heterocycles. The number of nitrogens with zero attached hydrogens (tertiary/aromatic N) is 1. The van der Waals surface area contributed by atoms with E-state index in [1.54, 1.807) is 37.4 Å². The van der Waals surface area contributed by atoms with Crippen molar-refractivity contribution in [1.82, 2.24) is 4.90 Å². The highest BCUT2D eigenvalue weighted by Crippen LogP contribution is 2.32. The average molecular weight is 447 g/mol. The van der Waals surface area contributed by atoms with Crippen LogP contribution in [-0.4, -0.2) is 30.4 Å². The number of methoxy groups -OCH3 is 1. The molecule has 0 spiro atoms. The van der Waals surface area contributed by atoms with E-state index >= 15 is 0 Å². The van der Waals surface area contributed by atoms with E-state index in [2.05, 4.69) is 5.32 Å². The second-order valence-electron chi connectivity index (χ2n) is 7.57. The summed E-state index contributed by atoms with van der Waals surface area (Å²) in [7, 11) is 1.58. The van der Waals surface area contributed by atoms with Crippen LogP contribution in [0.3, 0.4) is 0 Å². The van der Waals surface area contributed by atoms with Crippen molar-refractivity contribution in [2.24, 2.45) is 0 Å². The molecule has 0 aromatic heterocycles. The number of anilines is 1. The first-order valence-corrected chi connectivity index (χ1v) is 10.7. The van der Waals surface area contributed by atoms with E-state index in [0.29, 0.717) is 40.6 Å². The van der Waals surface area contributed by atoms with Gasteiger partial charge in [0, 0.05) is 17.3 Å². The van der Waals surface area contributed by atoms with Gasteiger partial charge in [-0.2, -0.15) is 0 Å². The first-order chi connectivity index (χ1) is 15.5. The van der Waals surface area contributed by atoms with Crippen molar-refractivity contribution < 1.29 is 14.3 Å². The lowest BCUT2D eigenvalue weighted by atomic mass is 10.0. The third-order valence-corrected chi connectivity index (χ3v) is 5.86. The van der Waals surface area contributed by atoms with E-state index < -0.39 is 0 Å². The molecule has 3 aromatic carbocycles. The molecule has 0 aliphatic carbocycles. The standard InChI is InChI=1S/C26H23ClN2O3/c1-17-8-11-20(16-22(17)27)28-24-23(19-9-12-21(32-2)13-10-19)25(30)29(26(24)31)15-14-18-6-4-3-5-7-18/h3-13,16,28H,14-15H2,1-2H3. The fourth-order valence-corrected chi connectivity index (χ4v) is 3.80. The van der Waals surface area contributed by atoms with Gasteiger partial charge >= 0.3 is 0 Å². The highest BCUT2D eigenvalue weighted by Gasteiger charge is 2.39. The Hall–Kier alpha value is -3.57. The van der Waals surface area contributed by atoms with Gasteiger partial charge in [0.15, 0.2) is 0 Å². The Morgan fingerprint density at radius 1 is 0.938 bits per heavy atom. The summed E-state index contributed by atoms with van der Waals surface area (Å²) in [6, 6.07) is 22.3. The van der Waals surface area contributed by atoms with Gasteiger partial charge in [0.05, 0.1) is 12.7 Å². The van der Waals surface area contributed by atoms with Gasteiger partial charge in [-0.05, 0) is 54.3 Å². The Morgan fingerprint density at radius 3 is 2.31 bits per heavy atom. The van der Waals surface area contributed by atoms with Crippen molar-refractivity contribution in [2.45, 2.75) is 13.3 Å². The lowest BCUT2D eigenvalue weighted by Crippen LogP contribution is -2.34. The molecule has 3 aromatic rings. The summed E-state index contributed by atoms with van der Waals surface area (Å²) in [6.07, 6.45) is 0.581. The van der Waals surface area contributed by atoms with Crippen molar-refractivity contribution in [1.29, 1.82) is 0 Å². The van der Waals surface area contributed by atoms with Gasteiger partial charge in [-0.3, -0.25) is 14.5 Å². The summed E-state index contributed by atoms with van der Waals surface area (Å²) in [6.45, 7) is 2.20. The number of hydrogen-bond acceptors (Lipinski definition) is 4. The maximum absolute atomic E-state index is 13.4. The van der Waals surface area contributed by atoms with Crippen LogP contribution in [0.4, 0.5) is 5.69 Å². The van der Waals surface area contributed by atoms with E-state index in [1.807, 2.05) is 49.4 Å². The maximum Gasteiger partial charge on any atom is 0.278 e. The zero-order valence-electron chi connectivity index (χ0n) is 17.9. The van der Waals surface area contributed by atoms with Gasteiger partial charge in [0.25, 0.3) is 11.8 Å². The Labute approximate surface area is 192 Å². The highest BCUT2D eigenvalue weighted by molar-refractivity contribution is 6.36. The van der Waals surface area contributed by atoms with E-state index in [0.717, 1.165) is 11.1 Å². The SMILES string of the molecule is COc1ccc(C2=C(Nc3ccc(C)c(Cl)c3)C(=O)N(CCc3ccccc3)C2=O)cc1. The summed E-state index contributed by atoms with van der Waals surface area (Å²) >= 11 is 6.27. The number of amides is 2. The molecule has 0 radical (unpaired) electrons. The minimum atomic E-state index is -0.353. The molecular formula is C26H23ClN2O3. The molecule has 0 atom stereocenters. The number of ether oxygens (including phenoxy) is 1. The monoisotopic (exact) mass is 446 g/mol. The number of nitrogens with one attached hydrogen (secondary N) is 1. The van der Waals surface area contributed by atoms with Gasteiger partial charge in [-0.25, -0.2) is 0 Å². The van der Waals surface area contributed by atoms with Crippen LogP contribution in [0, 0.1) is 6.92 Å². The minimum Gasteiger partial charge on any atom is -0.497 e. The molecule has 0 unspecified atom stereocenters. The molecule has 5 nitrogen and oxygen atoms in total. The Morgan fingerprint density at radius 2 is 1.66 bits per heavy atom. The Kier molecular flexibility index (Phi) is 6.28. The molecular weight excluding hydrogens is 424 g/mol. The number of carbonyl (C=O) groups is 2. The molecule has 6 heteroatoms. The number of aryl methyl sites for hydroxylation is 1. The summed E-state index contributed by atoms with van der Waals surface area (Å²) < 4.78 is 5.23. The van der Waals surface area contributed by atoms with Crippen molar-refractivity contribution >= 4 is 34.7 Å². The second-order valence-corrected chi connectivity index (χ2v) is 7.97. The number of carbonyl (C=O) groups excluding carboxylic acids is 2. The maximum atomic E-state index is 13.4. The summed E-state index contributed by atoms with van der Waals surface area (Å²) in [5.41, 5.74) is 3.86. The number of rotatable bonds is 7. The first-order valence-electron chi connectivity index (χ1n) is 10.3. The number of hydrogen-bond donors (Lipinski definition) is 1. The molecule has 162 valence electrons. The quantitative estimate of drug-likeness (QED) is 0.513. The van der Waals surface area contributed by atoms with Crippen molar-refractivity contribution in [2.75, 3.05) is 19.0 Å². The molecule has 1 heterocycles. The van der Waals surface area contributed by atoms with Crippen LogP contribution < -0.4 is 10.1 Å². The highest BCUT2D eigenvalue weighted by atomic mass is 35.5. The van der Waals surface area contributed by atoms with Gasteiger partial charge < -0.3 is 10.1 Å². The van der Waals surface area contributed by atoms with Crippen LogP contribution in [0.25, 0.3) is 5.57 Å². The summed E-state index contributed by atoms with van der Waals surface area (Å²) in [4.78, 5) is 28.0. The van der Waals surface area contributed by atoms with Crippen LogP contribution in [0.15, 0.2) is 78.5 Å². The predicted octanol–water partition coefficient (Wildman–Crippen LogP) is 5.09. The fourth-order valence-electron chi connectivity index (χ4n) is 3.62. The van der Waals surface area contributed by atoms with Crippen molar-refractivity contribution in [3.05, 3.63) is 100 Å². The zero-order chi connectivity index (χ0) is 22.7. The number of halogens is 1. The topological polar surface area (TPSA) is 58.6 Å². The van der Waals surface area contributed by atoms with Gasteiger partial charge in [0.2, 0.25) is 0 Å². The van der Waals surface area contributed by atoms with E-state index in [9.17, 15) is 9.59 Å². The van der Waals surface area contributed by atoms with Crippen molar-refractivity contribution in [3.8, 4) is 5.75 Å². The van der Waals surface area contributed by atoms with Crippen LogP contribution in [0.5, 0.6) is 5.75 Å². The summed E-state index contributed by atoms with van der Waals surface area (Å²) in [5.74, 6) is -0.00265. The largest absolute Gasteiger partial charge is 0.497 e. The Bertz CT molecular complexity index is 1190. The molecule has 1 aliphatic heterocycles. The third-order valence-electron chi connectivity index (χ3n) is 5.45. The molecule has 0 bridgehead atoms. The molecule has 4 rings (SSSR count). The molecule has 2 amide bonds. The fraction of sp³-hybridized carbons (Fsp3) is 0.154. The van der Waals surface area contributed by atoms with Gasteiger partial charge in [0.1, 0.15) is 11.4 Å². The predicted molar refractivity (Wildman–Crippen MR) is 127 cm³/mol. The molecule has 0 saturated carbocycles. The summed E-state index contributed by atoms with van der Waals surface area (Å²) in [5, 5.41) is 3.73. The number of imide groups is 1. The van der Waals surface area contributed by atoms with Crippen LogP contribution >= 0.6 is 11.6 Å². The van der Waals surface area contributed by atoms with Crippen molar-refractivity contribution in [3.63, 3.8) is 0 Å². The third kappa shape index (κ3) is 4.39. The number of benzene rings is 3. The molecule has 1 N–H and O–H groups in total. The van der Waals surface area contributed by atoms with E-state index in [-0.39, 0.29) is 17.5 Å². The van der Waals surface area contributed by atoms with E-state index in [4.69, 9.17) is 16.3 Å². The molecule has 32 heavy (non-hydrogen) atoms. The zero-order valence-corrected chi connectivity index (χ0v) is 18.6.